The molecule has 0 saturated carbocycles. The van der Waals surface area contributed by atoms with Crippen LogP contribution in [0, 0.1) is 31.1 Å². The molecule has 6 nitrogen and oxygen atoms in total. The van der Waals surface area contributed by atoms with Gasteiger partial charge in [0.1, 0.15) is 17.4 Å². The molecule has 1 amide bonds. The first-order valence-corrected chi connectivity index (χ1v) is 7.13. The summed E-state index contributed by atoms with van der Waals surface area (Å²) in [4.78, 5) is 14.3. The van der Waals surface area contributed by atoms with Crippen molar-refractivity contribution in [2.75, 3.05) is 25.0 Å². The van der Waals surface area contributed by atoms with E-state index in [0.29, 0.717) is 17.9 Å². The summed E-state index contributed by atoms with van der Waals surface area (Å²) in [6.45, 7) is 7.04. The molecular formula is C15H21N3O3. The third-order valence-electron chi connectivity index (χ3n) is 4.24. The molecule has 0 aliphatic carbocycles. The molecule has 1 aromatic heterocycles. The number of rotatable bonds is 4. The maximum Gasteiger partial charge on any atom is 0.243 e. The van der Waals surface area contributed by atoms with Crippen LogP contribution in [0.4, 0.5) is 5.88 Å². The number of nitrogens with zero attached hydrogens (tertiary/aromatic N) is 2. The normalized spacial score (nSPS) is 20.2. The molecule has 2 atom stereocenters. The third kappa shape index (κ3) is 3.09. The number of amides is 1. The van der Waals surface area contributed by atoms with Crippen molar-refractivity contribution in [1.82, 2.24) is 4.90 Å². The quantitative estimate of drug-likeness (QED) is 0.875. The van der Waals surface area contributed by atoms with E-state index >= 15 is 0 Å². The lowest BCUT2D eigenvalue weighted by atomic mass is 10.1. The summed E-state index contributed by atoms with van der Waals surface area (Å²) in [5.74, 6) is 0.903. The Balaban J connectivity index is 2.05. The second kappa shape index (κ2) is 6.29. The minimum Gasteiger partial charge on any atom is -0.444 e. The van der Waals surface area contributed by atoms with Crippen LogP contribution in [0.15, 0.2) is 4.42 Å². The minimum atomic E-state index is -0.321. The molecule has 1 saturated heterocycles. The average Bonchev–Trinajstić information content (AvgIpc) is 3.04. The van der Waals surface area contributed by atoms with E-state index in [1.165, 1.54) is 0 Å². The number of hydrogen-bond donors (Lipinski definition) is 2. The highest BCUT2D eigenvalue weighted by atomic mass is 16.4. The van der Waals surface area contributed by atoms with Gasteiger partial charge in [0.25, 0.3) is 0 Å². The molecule has 0 aromatic carbocycles. The first-order chi connectivity index (χ1) is 9.97. The van der Waals surface area contributed by atoms with Gasteiger partial charge in [0.2, 0.25) is 11.8 Å². The fourth-order valence-corrected chi connectivity index (χ4v) is 2.60. The molecule has 1 aliphatic rings. The predicted octanol–water partition coefficient (Wildman–Crippen LogP) is 1.41. The molecule has 1 aromatic rings. The van der Waals surface area contributed by atoms with Gasteiger partial charge in [-0.25, -0.2) is 0 Å². The molecule has 2 unspecified atom stereocenters. The van der Waals surface area contributed by atoms with Gasteiger partial charge in [-0.15, -0.1) is 0 Å². The number of likely N-dealkylation sites (tertiary alicyclic amines) is 1. The number of carbonyl (C=O) groups excluding carboxylic acids is 1. The van der Waals surface area contributed by atoms with Crippen LogP contribution in [-0.4, -0.2) is 41.7 Å². The minimum absolute atomic E-state index is 0.153. The van der Waals surface area contributed by atoms with Gasteiger partial charge in [-0.3, -0.25) is 15.0 Å². The second-order valence-electron chi connectivity index (χ2n) is 5.60. The van der Waals surface area contributed by atoms with Crippen LogP contribution >= 0.6 is 0 Å². The Hall–Kier alpha value is -1.84. The molecule has 114 valence electrons. The number of anilines is 1. The van der Waals surface area contributed by atoms with Crippen LogP contribution in [0.2, 0.25) is 0 Å². The zero-order valence-corrected chi connectivity index (χ0v) is 12.6. The highest BCUT2D eigenvalue weighted by Crippen LogP contribution is 2.26. The maximum absolute atomic E-state index is 12.3. The summed E-state index contributed by atoms with van der Waals surface area (Å²) in [7, 11) is 0. The third-order valence-corrected chi connectivity index (χ3v) is 4.24. The Morgan fingerprint density at radius 2 is 2.33 bits per heavy atom. The highest BCUT2D eigenvalue weighted by molar-refractivity contribution is 5.94. The van der Waals surface area contributed by atoms with Gasteiger partial charge in [0.15, 0.2) is 0 Å². The van der Waals surface area contributed by atoms with Gasteiger partial charge in [0, 0.05) is 18.7 Å². The van der Waals surface area contributed by atoms with E-state index in [1.54, 1.807) is 13.8 Å². The van der Waals surface area contributed by atoms with Gasteiger partial charge in [0.05, 0.1) is 6.04 Å². The van der Waals surface area contributed by atoms with Gasteiger partial charge < -0.3 is 9.52 Å². The van der Waals surface area contributed by atoms with E-state index in [0.717, 1.165) is 18.5 Å². The zero-order chi connectivity index (χ0) is 15.6. The Kier molecular flexibility index (Phi) is 4.66. The smallest absolute Gasteiger partial charge is 0.243 e. The first-order valence-electron chi connectivity index (χ1n) is 7.13. The van der Waals surface area contributed by atoms with Crippen LogP contribution in [0.5, 0.6) is 0 Å². The van der Waals surface area contributed by atoms with Crippen molar-refractivity contribution in [3.05, 3.63) is 16.9 Å². The molecule has 0 bridgehead atoms. The van der Waals surface area contributed by atoms with Crippen LogP contribution in [-0.2, 0) is 4.79 Å². The summed E-state index contributed by atoms with van der Waals surface area (Å²) >= 11 is 0. The standard InChI is InChI=1S/C15H21N3O3/c1-9-11(3)21-15(13(9)6-16)17-14(20)10(2)18-5-4-12(7-18)8-19/h10,12,19H,4-5,7-8H2,1-3H3,(H,17,20). The lowest BCUT2D eigenvalue weighted by molar-refractivity contribution is -0.120. The van der Waals surface area contributed by atoms with E-state index in [1.807, 2.05) is 11.8 Å². The average molecular weight is 291 g/mol. The van der Waals surface area contributed by atoms with Crippen LogP contribution in [0.25, 0.3) is 0 Å². The van der Waals surface area contributed by atoms with E-state index in [2.05, 4.69) is 11.4 Å². The number of furan rings is 1. The lowest BCUT2D eigenvalue weighted by Gasteiger charge is -2.22. The second-order valence-corrected chi connectivity index (χ2v) is 5.60. The van der Waals surface area contributed by atoms with Crippen molar-refractivity contribution in [1.29, 1.82) is 5.26 Å². The topological polar surface area (TPSA) is 89.5 Å². The monoisotopic (exact) mass is 291 g/mol. The van der Waals surface area contributed by atoms with Gasteiger partial charge >= 0.3 is 0 Å². The predicted molar refractivity (Wildman–Crippen MR) is 77.8 cm³/mol. The zero-order valence-electron chi connectivity index (χ0n) is 12.6. The molecule has 1 aliphatic heterocycles. The Morgan fingerprint density at radius 1 is 1.62 bits per heavy atom. The summed E-state index contributed by atoms with van der Waals surface area (Å²) in [5, 5.41) is 21.0. The van der Waals surface area contributed by atoms with Crippen LogP contribution in [0.1, 0.15) is 30.2 Å². The number of carbonyl (C=O) groups is 1. The molecule has 2 N–H and O–H groups in total. The SMILES string of the molecule is Cc1oc(NC(=O)C(C)N2CCC(CO)C2)c(C#N)c1C. The molecule has 0 spiro atoms. The van der Waals surface area contributed by atoms with Crippen molar-refractivity contribution in [2.45, 2.75) is 33.2 Å². The number of aliphatic hydroxyl groups is 1. The van der Waals surface area contributed by atoms with Crippen molar-refractivity contribution in [3.63, 3.8) is 0 Å². The van der Waals surface area contributed by atoms with E-state index < -0.39 is 0 Å². The van der Waals surface area contributed by atoms with Crippen molar-refractivity contribution in [3.8, 4) is 6.07 Å². The van der Waals surface area contributed by atoms with Crippen molar-refractivity contribution >= 4 is 11.8 Å². The number of aliphatic hydroxyl groups excluding tert-OH is 1. The van der Waals surface area contributed by atoms with E-state index in [9.17, 15) is 4.79 Å². The Labute approximate surface area is 124 Å². The highest BCUT2D eigenvalue weighted by Gasteiger charge is 2.30. The van der Waals surface area contributed by atoms with E-state index in [4.69, 9.17) is 14.8 Å². The largest absolute Gasteiger partial charge is 0.444 e. The number of aryl methyl sites for hydroxylation is 1. The number of hydrogen-bond acceptors (Lipinski definition) is 5. The number of nitriles is 1. The van der Waals surface area contributed by atoms with Gasteiger partial charge in [-0.05, 0) is 39.7 Å². The Bertz CT molecular complexity index is 573. The lowest BCUT2D eigenvalue weighted by Crippen LogP contribution is -2.40. The molecule has 0 radical (unpaired) electrons. The maximum atomic E-state index is 12.3. The number of nitrogens with one attached hydrogen (secondary N) is 1. The van der Waals surface area contributed by atoms with Gasteiger partial charge in [-0.2, -0.15) is 5.26 Å². The molecule has 2 rings (SSSR count). The molecule has 2 heterocycles. The summed E-state index contributed by atoms with van der Waals surface area (Å²) in [6.07, 6.45) is 0.899. The molecule has 1 fully saturated rings. The summed E-state index contributed by atoms with van der Waals surface area (Å²) < 4.78 is 5.45. The van der Waals surface area contributed by atoms with Crippen LogP contribution < -0.4 is 5.32 Å². The Morgan fingerprint density at radius 3 is 2.90 bits per heavy atom. The van der Waals surface area contributed by atoms with Crippen molar-refractivity contribution in [2.24, 2.45) is 5.92 Å². The van der Waals surface area contributed by atoms with Crippen molar-refractivity contribution < 1.29 is 14.3 Å². The fourth-order valence-electron chi connectivity index (χ4n) is 2.60. The van der Waals surface area contributed by atoms with Crippen LogP contribution in [0.3, 0.4) is 0 Å². The molecule has 6 heteroatoms. The summed E-state index contributed by atoms with van der Waals surface area (Å²) in [5.41, 5.74) is 1.13. The fraction of sp³-hybridized carbons (Fsp3) is 0.600. The summed E-state index contributed by atoms with van der Waals surface area (Å²) in [6, 6.07) is 1.74. The van der Waals surface area contributed by atoms with E-state index in [-0.39, 0.29) is 30.4 Å². The van der Waals surface area contributed by atoms with Gasteiger partial charge in [-0.1, -0.05) is 0 Å². The molecular weight excluding hydrogens is 270 g/mol. The first kappa shape index (κ1) is 15.5. The molecule has 21 heavy (non-hydrogen) atoms.